The molecule has 0 heteroatoms. The fourth-order valence-electron chi connectivity index (χ4n) is 2.53. The Balaban J connectivity index is 2.28. The Morgan fingerprint density at radius 2 is 1.75 bits per heavy atom. The normalized spacial score (nSPS) is 12.1. The number of rotatable bonds is 1. The minimum atomic E-state index is 0.907. The highest BCUT2D eigenvalue weighted by molar-refractivity contribution is 5.82. The molecule has 16 heavy (non-hydrogen) atoms. The van der Waals surface area contributed by atoms with Crippen LogP contribution in [0.2, 0.25) is 0 Å². The fraction of sp³-hybridized carbons (Fsp3) is 0.125. The highest BCUT2D eigenvalue weighted by atomic mass is 14.2. The van der Waals surface area contributed by atoms with Crippen molar-refractivity contribution in [1.82, 2.24) is 0 Å². The van der Waals surface area contributed by atoms with Gasteiger partial charge in [0.1, 0.15) is 0 Å². The summed E-state index contributed by atoms with van der Waals surface area (Å²) in [4.78, 5) is 0. The molecule has 1 aliphatic carbocycles. The third-order valence-corrected chi connectivity index (χ3v) is 3.28. The van der Waals surface area contributed by atoms with Gasteiger partial charge in [0.2, 0.25) is 0 Å². The zero-order valence-corrected chi connectivity index (χ0v) is 9.33. The third kappa shape index (κ3) is 1.23. The van der Waals surface area contributed by atoms with E-state index in [1.54, 1.807) is 0 Å². The molecule has 0 saturated heterocycles. The molecule has 1 aliphatic rings. The molecule has 0 heterocycles. The van der Waals surface area contributed by atoms with Gasteiger partial charge in [-0.2, -0.15) is 0 Å². The van der Waals surface area contributed by atoms with Crippen molar-refractivity contribution in [2.24, 2.45) is 0 Å². The smallest absolute Gasteiger partial charge is 0.000740 e. The molecule has 0 aliphatic heterocycles. The van der Waals surface area contributed by atoms with Crippen LogP contribution in [-0.2, 0) is 6.42 Å². The van der Waals surface area contributed by atoms with E-state index in [-0.39, 0.29) is 0 Å². The number of hydrogen-bond donors (Lipinski definition) is 0. The minimum absolute atomic E-state index is 0.907. The summed E-state index contributed by atoms with van der Waals surface area (Å²) in [7, 11) is 0. The Labute approximate surface area is 96.3 Å². The lowest BCUT2D eigenvalue weighted by Crippen LogP contribution is -1.88. The molecule has 0 amide bonds. The zero-order valence-electron chi connectivity index (χ0n) is 9.33. The lowest BCUT2D eigenvalue weighted by atomic mass is 9.97. The number of fused-ring (bicyclic) bond motifs is 3. The second-order valence-corrected chi connectivity index (χ2v) is 4.35. The summed E-state index contributed by atoms with van der Waals surface area (Å²) in [5.41, 5.74) is 7.60. The molecule has 1 radical (unpaired) electrons. The fourth-order valence-corrected chi connectivity index (χ4v) is 2.53. The predicted octanol–water partition coefficient (Wildman–Crippen LogP) is 4.09. The molecule has 2 aromatic carbocycles. The molecule has 0 fully saturated rings. The molecule has 0 atom stereocenters. The maximum absolute atomic E-state index is 5.94. The first kappa shape index (κ1) is 9.41. The van der Waals surface area contributed by atoms with Crippen LogP contribution in [0.3, 0.4) is 0 Å². The van der Waals surface area contributed by atoms with Crippen LogP contribution in [0.25, 0.3) is 16.7 Å². The quantitative estimate of drug-likeness (QED) is 0.561. The van der Waals surface area contributed by atoms with Crippen LogP contribution >= 0.6 is 0 Å². The first-order valence-electron chi connectivity index (χ1n) is 5.57. The first-order chi connectivity index (χ1) is 7.77. The highest BCUT2D eigenvalue weighted by Crippen LogP contribution is 2.39. The van der Waals surface area contributed by atoms with Gasteiger partial charge in [-0.25, -0.2) is 0 Å². The van der Waals surface area contributed by atoms with Crippen molar-refractivity contribution in [3.8, 4) is 11.1 Å². The molecular formula is C16H13. The van der Waals surface area contributed by atoms with Crippen molar-refractivity contribution < 1.29 is 0 Å². The maximum atomic E-state index is 5.94. The number of benzene rings is 2. The molecule has 3 rings (SSSR count). The standard InChI is InChI=1S/C16H13/c1-11(2)13-8-5-9-15-14-7-4-3-6-12(14)10-16(13)15/h1,3-9H,10H2,2H3. The summed E-state index contributed by atoms with van der Waals surface area (Å²) < 4.78 is 0. The molecular weight excluding hydrogens is 192 g/mol. The molecule has 0 nitrogen and oxygen atoms in total. The van der Waals surface area contributed by atoms with Crippen LogP contribution in [0.1, 0.15) is 23.6 Å². The second kappa shape index (κ2) is 3.34. The van der Waals surface area contributed by atoms with Gasteiger partial charge in [-0.05, 0) is 46.7 Å². The van der Waals surface area contributed by atoms with Crippen molar-refractivity contribution in [2.45, 2.75) is 13.3 Å². The summed E-state index contributed by atoms with van der Waals surface area (Å²) in [6.45, 7) is 7.91. The van der Waals surface area contributed by atoms with E-state index < -0.39 is 0 Å². The lowest BCUT2D eigenvalue weighted by Gasteiger charge is -2.07. The van der Waals surface area contributed by atoms with Gasteiger partial charge in [0, 0.05) is 0 Å². The Kier molecular flexibility index (Phi) is 1.97. The molecule has 77 valence electrons. The van der Waals surface area contributed by atoms with E-state index in [9.17, 15) is 0 Å². The van der Waals surface area contributed by atoms with Crippen LogP contribution in [0.5, 0.6) is 0 Å². The summed E-state index contributed by atoms with van der Waals surface area (Å²) in [6, 6.07) is 15.0. The highest BCUT2D eigenvalue weighted by Gasteiger charge is 2.20. The SMILES string of the molecule is [CH]=C(C)c1cccc2c1Cc1ccccc1-2. The van der Waals surface area contributed by atoms with Crippen LogP contribution in [0.15, 0.2) is 42.5 Å². The van der Waals surface area contributed by atoms with Crippen LogP contribution in [0.4, 0.5) is 0 Å². The van der Waals surface area contributed by atoms with Gasteiger partial charge in [-0.1, -0.05) is 49.0 Å². The monoisotopic (exact) mass is 205 g/mol. The van der Waals surface area contributed by atoms with E-state index in [2.05, 4.69) is 42.5 Å². The summed E-state index contributed by atoms with van der Waals surface area (Å²) in [5.74, 6) is 0. The topological polar surface area (TPSA) is 0 Å². The first-order valence-corrected chi connectivity index (χ1v) is 5.57. The summed E-state index contributed by atoms with van der Waals surface area (Å²) >= 11 is 0. The molecule has 0 saturated carbocycles. The van der Waals surface area contributed by atoms with Gasteiger partial charge in [-0.15, -0.1) is 0 Å². The van der Waals surface area contributed by atoms with Gasteiger partial charge >= 0.3 is 0 Å². The molecule has 0 spiro atoms. The van der Waals surface area contributed by atoms with Crippen LogP contribution in [-0.4, -0.2) is 0 Å². The maximum Gasteiger partial charge on any atom is -0.000740 e. The van der Waals surface area contributed by atoms with Crippen molar-refractivity contribution in [2.75, 3.05) is 0 Å². The predicted molar refractivity (Wildman–Crippen MR) is 68.1 cm³/mol. The molecule has 0 aromatic heterocycles. The van der Waals surface area contributed by atoms with E-state index in [0.717, 1.165) is 12.0 Å². The van der Waals surface area contributed by atoms with Gasteiger partial charge in [0.25, 0.3) is 0 Å². The molecule has 0 bridgehead atoms. The molecule has 0 N–H and O–H groups in total. The van der Waals surface area contributed by atoms with Gasteiger partial charge in [0.05, 0.1) is 0 Å². The largest absolute Gasteiger partial charge is 0.0619 e. The Hall–Kier alpha value is -1.82. The zero-order chi connectivity index (χ0) is 11.1. The Morgan fingerprint density at radius 3 is 2.56 bits per heavy atom. The summed E-state index contributed by atoms with van der Waals surface area (Å²) in [6.07, 6.45) is 1.01. The number of hydrogen-bond acceptors (Lipinski definition) is 0. The molecule has 0 unspecified atom stereocenters. The van der Waals surface area contributed by atoms with Gasteiger partial charge in [0.15, 0.2) is 0 Å². The van der Waals surface area contributed by atoms with Crippen LogP contribution < -0.4 is 0 Å². The van der Waals surface area contributed by atoms with Gasteiger partial charge < -0.3 is 0 Å². The third-order valence-electron chi connectivity index (χ3n) is 3.28. The van der Waals surface area contributed by atoms with E-state index >= 15 is 0 Å². The van der Waals surface area contributed by atoms with Crippen LogP contribution in [0, 0.1) is 6.58 Å². The van der Waals surface area contributed by atoms with Crippen molar-refractivity contribution >= 4 is 5.57 Å². The van der Waals surface area contributed by atoms with E-state index in [1.165, 1.54) is 27.8 Å². The average Bonchev–Trinajstić information content (AvgIpc) is 2.67. The van der Waals surface area contributed by atoms with E-state index in [1.807, 2.05) is 6.92 Å². The minimum Gasteiger partial charge on any atom is -0.0619 e. The van der Waals surface area contributed by atoms with E-state index in [4.69, 9.17) is 6.58 Å². The number of allylic oxidation sites excluding steroid dienone is 1. The summed E-state index contributed by atoms with van der Waals surface area (Å²) in [5, 5.41) is 0. The second-order valence-electron chi connectivity index (χ2n) is 4.35. The van der Waals surface area contributed by atoms with Crippen molar-refractivity contribution in [3.63, 3.8) is 0 Å². The van der Waals surface area contributed by atoms with Gasteiger partial charge in [-0.3, -0.25) is 0 Å². The Bertz CT molecular complexity index is 576. The molecule has 2 aromatic rings. The van der Waals surface area contributed by atoms with E-state index in [0.29, 0.717) is 0 Å². The van der Waals surface area contributed by atoms with Crippen molar-refractivity contribution in [3.05, 3.63) is 65.7 Å². The lowest BCUT2D eigenvalue weighted by molar-refractivity contribution is 1.24. The Morgan fingerprint density at radius 1 is 1.00 bits per heavy atom. The average molecular weight is 205 g/mol. The van der Waals surface area contributed by atoms with Crippen molar-refractivity contribution in [1.29, 1.82) is 0 Å².